The molecular weight excluding hydrogens is 542 g/mol. The Kier molecular flexibility index (Phi) is 11.2. The van der Waals surface area contributed by atoms with Crippen LogP contribution in [0.25, 0.3) is 0 Å². The van der Waals surface area contributed by atoms with E-state index in [1.807, 2.05) is 32.9 Å². The van der Waals surface area contributed by atoms with E-state index in [2.05, 4.69) is 5.32 Å². The first-order chi connectivity index (χ1) is 19.6. The molecular formula is C31H39N3O6S. The van der Waals surface area contributed by atoms with Gasteiger partial charge in [0, 0.05) is 12.6 Å². The monoisotopic (exact) mass is 581 g/mol. The van der Waals surface area contributed by atoms with Gasteiger partial charge in [0.15, 0.2) is 0 Å². The Bertz CT molecular complexity index is 1380. The van der Waals surface area contributed by atoms with Gasteiger partial charge < -0.3 is 19.7 Å². The van der Waals surface area contributed by atoms with Crippen LogP contribution in [-0.2, 0) is 26.2 Å². The maximum atomic E-state index is 14.1. The van der Waals surface area contributed by atoms with Crippen molar-refractivity contribution < 1.29 is 27.5 Å². The Labute approximate surface area is 243 Å². The number of ether oxygens (including phenoxy) is 2. The number of rotatable bonds is 14. The Morgan fingerprint density at radius 2 is 1.39 bits per heavy atom. The second-order valence-corrected chi connectivity index (χ2v) is 11.5. The number of nitrogens with zero attached hydrogens (tertiary/aromatic N) is 2. The molecule has 0 unspecified atom stereocenters. The Balaban J connectivity index is 2.03. The van der Waals surface area contributed by atoms with Crippen LogP contribution in [0.2, 0.25) is 0 Å². The molecule has 10 heteroatoms. The van der Waals surface area contributed by atoms with Crippen molar-refractivity contribution in [1.29, 1.82) is 0 Å². The standard InChI is InChI=1S/C31H39N3O6S/c1-6-23(3)32-31(36)29(7-2)33(21-24-13-15-26(39-4)16-14-24)30(35)22-34(25-11-9-8-10-12-25)41(37,38)28-19-17-27(40-5)18-20-28/h8-20,23,29H,6-7,21-22H2,1-5H3,(H,32,36)/t23-,29+/m1/s1. The number of hydrogen-bond donors (Lipinski definition) is 1. The highest BCUT2D eigenvalue weighted by atomic mass is 32.2. The normalized spacial score (nSPS) is 12.6. The fourth-order valence-corrected chi connectivity index (χ4v) is 5.70. The molecule has 3 aromatic rings. The molecule has 220 valence electrons. The molecule has 0 aromatic heterocycles. The van der Waals surface area contributed by atoms with E-state index in [-0.39, 0.29) is 23.4 Å². The van der Waals surface area contributed by atoms with Gasteiger partial charge in [-0.05, 0) is 73.9 Å². The van der Waals surface area contributed by atoms with Crippen LogP contribution < -0.4 is 19.1 Å². The molecule has 0 radical (unpaired) electrons. The van der Waals surface area contributed by atoms with Gasteiger partial charge in [-0.2, -0.15) is 0 Å². The Hall–Kier alpha value is -4.05. The SMILES string of the molecule is CC[C@@H](C)NC(=O)[C@H](CC)N(Cc1ccc(OC)cc1)C(=O)CN(c1ccccc1)S(=O)(=O)c1ccc(OC)cc1. The zero-order valence-corrected chi connectivity index (χ0v) is 25.1. The van der Waals surface area contributed by atoms with Crippen molar-refractivity contribution in [2.45, 2.75) is 57.1 Å². The first kappa shape index (κ1) is 31.5. The maximum Gasteiger partial charge on any atom is 0.264 e. The van der Waals surface area contributed by atoms with Gasteiger partial charge in [-0.3, -0.25) is 13.9 Å². The van der Waals surface area contributed by atoms with Gasteiger partial charge in [0.2, 0.25) is 11.8 Å². The molecule has 0 saturated heterocycles. The van der Waals surface area contributed by atoms with Crippen molar-refractivity contribution in [1.82, 2.24) is 10.2 Å². The molecule has 1 N–H and O–H groups in total. The van der Waals surface area contributed by atoms with Crippen LogP contribution in [0.3, 0.4) is 0 Å². The molecule has 0 saturated carbocycles. The Morgan fingerprint density at radius 1 is 0.829 bits per heavy atom. The summed E-state index contributed by atoms with van der Waals surface area (Å²) in [6, 6.07) is 20.8. The van der Waals surface area contributed by atoms with Crippen LogP contribution in [0.5, 0.6) is 11.5 Å². The van der Waals surface area contributed by atoms with Crippen molar-refractivity contribution in [3.63, 3.8) is 0 Å². The number of para-hydroxylation sites is 1. The largest absolute Gasteiger partial charge is 0.497 e. The van der Waals surface area contributed by atoms with Crippen LogP contribution in [0, 0.1) is 0 Å². The topological polar surface area (TPSA) is 105 Å². The number of anilines is 1. The number of benzene rings is 3. The van der Waals surface area contributed by atoms with Crippen LogP contribution >= 0.6 is 0 Å². The van der Waals surface area contributed by atoms with Crippen molar-refractivity contribution in [2.75, 3.05) is 25.1 Å². The number of carbonyl (C=O) groups is 2. The van der Waals surface area contributed by atoms with E-state index in [4.69, 9.17) is 9.47 Å². The number of methoxy groups -OCH3 is 2. The summed E-state index contributed by atoms with van der Waals surface area (Å²) >= 11 is 0. The third kappa shape index (κ3) is 8.00. The summed E-state index contributed by atoms with van der Waals surface area (Å²) in [5, 5.41) is 2.98. The maximum absolute atomic E-state index is 14.1. The predicted octanol–water partition coefficient (Wildman–Crippen LogP) is 4.62. The quantitative estimate of drug-likeness (QED) is 0.298. The second kappa shape index (κ2) is 14.5. The second-order valence-electron chi connectivity index (χ2n) is 9.63. The summed E-state index contributed by atoms with van der Waals surface area (Å²) in [6.45, 7) is 5.31. The first-order valence-corrected chi connectivity index (χ1v) is 15.0. The third-order valence-electron chi connectivity index (χ3n) is 6.87. The predicted molar refractivity (Wildman–Crippen MR) is 159 cm³/mol. The first-order valence-electron chi connectivity index (χ1n) is 13.6. The zero-order valence-electron chi connectivity index (χ0n) is 24.2. The average molecular weight is 582 g/mol. The van der Waals surface area contributed by atoms with E-state index in [0.717, 1.165) is 16.3 Å². The molecule has 0 spiro atoms. The highest BCUT2D eigenvalue weighted by molar-refractivity contribution is 7.92. The molecule has 3 rings (SSSR count). The van der Waals surface area contributed by atoms with Crippen molar-refractivity contribution in [3.05, 3.63) is 84.4 Å². The van der Waals surface area contributed by atoms with Gasteiger partial charge in [-0.1, -0.05) is 44.2 Å². The minimum Gasteiger partial charge on any atom is -0.497 e. The van der Waals surface area contributed by atoms with Gasteiger partial charge in [0.05, 0.1) is 24.8 Å². The van der Waals surface area contributed by atoms with Crippen LogP contribution in [0.15, 0.2) is 83.8 Å². The van der Waals surface area contributed by atoms with Crippen molar-refractivity contribution in [3.8, 4) is 11.5 Å². The van der Waals surface area contributed by atoms with Crippen molar-refractivity contribution in [2.24, 2.45) is 0 Å². The smallest absolute Gasteiger partial charge is 0.264 e. The fourth-order valence-electron chi connectivity index (χ4n) is 4.29. The lowest BCUT2D eigenvalue weighted by atomic mass is 10.1. The van der Waals surface area contributed by atoms with Gasteiger partial charge in [-0.15, -0.1) is 0 Å². The van der Waals surface area contributed by atoms with Crippen LogP contribution in [0.1, 0.15) is 39.2 Å². The fraction of sp³-hybridized carbons (Fsp3) is 0.355. The van der Waals surface area contributed by atoms with Crippen LogP contribution in [-0.4, -0.2) is 58.0 Å². The van der Waals surface area contributed by atoms with E-state index in [0.29, 0.717) is 23.6 Å². The molecule has 2 amide bonds. The van der Waals surface area contributed by atoms with Gasteiger partial charge in [0.1, 0.15) is 24.1 Å². The molecule has 0 aliphatic carbocycles. The van der Waals surface area contributed by atoms with E-state index in [1.165, 1.54) is 24.1 Å². The summed E-state index contributed by atoms with van der Waals surface area (Å²) < 4.78 is 39.3. The molecule has 9 nitrogen and oxygen atoms in total. The van der Waals surface area contributed by atoms with Gasteiger partial charge >= 0.3 is 0 Å². The molecule has 0 bridgehead atoms. The molecule has 0 heterocycles. The van der Waals surface area contributed by atoms with Crippen molar-refractivity contribution >= 4 is 27.5 Å². The molecule has 0 aliphatic heterocycles. The highest BCUT2D eigenvalue weighted by Gasteiger charge is 2.34. The summed E-state index contributed by atoms with van der Waals surface area (Å²) in [5.41, 5.74) is 1.11. The molecule has 41 heavy (non-hydrogen) atoms. The highest BCUT2D eigenvalue weighted by Crippen LogP contribution is 2.26. The minimum atomic E-state index is -4.15. The summed E-state index contributed by atoms with van der Waals surface area (Å²) in [7, 11) is -1.09. The minimum absolute atomic E-state index is 0.0122. The van der Waals surface area contributed by atoms with E-state index < -0.39 is 28.5 Å². The van der Waals surface area contributed by atoms with E-state index in [1.54, 1.807) is 61.7 Å². The van der Waals surface area contributed by atoms with E-state index >= 15 is 0 Å². The Morgan fingerprint density at radius 3 is 1.90 bits per heavy atom. The molecule has 3 aromatic carbocycles. The number of sulfonamides is 1. The zero-order chi connectivity index (χ0) is 30.0. The lowest BCUT2D eigenvalue weighted by Crippen LogP contribution is -2.53. The average Bonchev–Trinajstić information content (AvgIpc) is 3.00. The summed E-state index contributed by atoms with van der Waals surface area (Å²) in [5.74, 6) is 0.380. The van der Waals surface area contributed by atoms with Gasteiger partial charge in [0.25, 0.3) is 10.0 Å². The molecule has 0 fully saturated rings. The lowest BCUT2D eigenvalue weighted by Gasteiger charge is -2.33. The third-order valence-corrected chi connectivity index (χ3v) is 8.66. The number of amides is 2. The summed E-state index contributed by atoms with van der Waals surface area (Å²) in [6.07, 6.45) is 1.08. The molecule has 2 atom stereocenters. The number of nitrogens with one attached hydrogen (secondary N) is 1. The van der Waals surface area contributed by atoms with Gasteiger partial charge in [-0.25, -0.2) is 8.42 Å². The van der Waals surface area contributed by atoms with E-state index in [9.17, 15) is 18.0 Å². The van der Waals surface area contributed by atoms with Crippen LogP contribution in [0.4, 0.5) is 5.69 Å². The summed E-state index contributed by atoms with van der Waals surface area (Å²) in [4.78, 5) is 28.9. The lowest BCUT2D eigenvalue weighted by molar-refractivity contribution is -0.140. The number of hydrogen-bond acceptors (Lipinski definition) is 6. The molecule has 0 aliphatic rings. The number of carbonyl (C=O) groups excluding carboxylic acids is 2.